The van der Waals surface area contributed by atoms with Gasteiger partial charge in [0.25, 0.3) is 10.2 Å². The average molecular weight is 319 g/mol. The van der Waals surface area contributed by atoms with Crippen molar-refractivity contribution in [2.24, 2.45) is 5.92 Å². The lowest BCUT2D eigenvalue weighted by molar-refractivity contribution is 0.168. The van der Waals surface area contributed by atoms with Crippen LogP contribution in [0.3, 0.4) is 0 Å². The van der Waals surface area contributed by atoms with E-state index < -0.39 is 10.2 Å². The number of nitrogens with one attached hydrogen (secondary N) is 1. The molecule has 0 unspecified atom stereocenters. The largest absolute Gasteiger partial charge is 0.396 e. The van der Waals surface area contributed by atoms with Gasteiger partial charge in [0.05, 0.1) is 0 Å². The Morgan fingerprint density at radius 1 is 1.10 bits per heavy atom. The molecule has 0 spiro atoms. The minimum atomic E-state index is -3.36. The molecule has 2 heterocycles. The first-order valence-electron chi connectivity index (χ1n) is 8.15. The number of likely N-dealkylation sites (tertiary alicyclic amines) is 1. The van der Waals surface area contributed by atoms with E-state index in [4.69, 9.17) is 5.11 Å². The van der Waals surface area contributed by atoms with Crippen LogP contribution in [0.2, 0.25) is 0 Å². The van der Waals surface area contributed by atoms with Crippen molar-refractivity contribution < 1.29 is 13.5 Å². The van der Waals surface area contributed by atoms with Crippen molar-refractivity contribution >= 4 is 10.2 Å². The summed E-state index contributed by atoms with van der Waals surface area (Å²) in [5.74, 6) is 0.258. The number of hydrogen-bond donors (Lipinski definition) is 2. The van der Waals surface area contributed by atoms with E-state index >= 15 is 0 Å². The summed E-state index contributed by atoms with van der Waals surface area (Å²) in [6.07, 6.45) is 4.45. The van der Waals surface area contributed by atoms with Gasteiger partial charge in [0.1, 0.15) is 0 Å². The predicted molar refractivity (Wildman–Crippen MR) is 83.2 cm³/mol. The molecular weight excluding hydrogens is 290 g/mol. The third kappa shape index (κ3) is 4.89. The molecule has 2 saturated heterocycles. The summed E-state index contributed by atoms with van der Waals surface area (Å²) in [5, 5.41) is 9.12. The molecule has 0 amide bonds. The van der Waals surface area contributed by atoms with Gasteiger partial charge in [0.15, 0.2) is 0 Å². The van der Waals surface area contributed by atoms with Crippen LogP contribution in [0, 0.1) is 5.92 Å². The van der Waals surface area contributed by atoms with Crippen LogP contribution >= 0.6 is 0 Å². The van der Waals surface area contributed by atoms with E-state index in [1.165, 1.54) is 4.31 Å². The van der Waals surface area contributed by atoms with Crippen LogP contribution < -0.4 is 4.72 Å². The lowest BCUT2D eigenvalue weighted by atomic mass is 10.00. The quantitative estimate of drug-likeness (QED) is 0.743. The Hall–Kier alpha value is -0.210. The topological polar surface area (TPSA) is 72.9 Å². The maximum atomic E-state index is 12.4. The van der Waals surface area contributed by atoms with Gasteiger partial charge in [-0.25, -0.2) is 0 Å². The number of aliphatic hydroxyl groups excluding tert-OH is 1. The van der Waals surface area contributed by atoms with Gasteiger partial charge in [-0.05, 0) is 57.7 Å². The van der Waals surface area contributed by atoms with E-state index in [0.29, 0.717) is 13.1 Å². The van der Waals surface area contributed by atoms with Gasteiger partial charge in [0.2, 0.25) is 0 Å². The maximum Gasteiger partial charge on any atom is 0.279 e. The third-order valence-electron chi connectivity index (χ3n) is 4.61. The van der Waals surface area contributed by atoms with E-state index in [-0.39, 0.29) is 18.6 Å². The number of rotatable bonds is 6. The molecule has 0 aromatic rings. The summed E-state index contributed by atoms with van der Waals surface area (Å²) in [6.45, 7) is 6.45. The van der Waals surface area contributed by atoms with E-state index in [2.05, 4.69) is 16.5 Å². The molecule has 0 bridgehead atoms. The van der Waals surface area contributed by atoms with Crippen LogP contribution in [0.1, 0.15) is 39.0 Å². The smallest absolute Gasteiger partial charge is 0.279 e. The first-order chi connectivity index (χ1) is 10.0. The molecule has 2 aliphatic heterocycles. The number of aliphatic hydroxyl groups is 1. The lowest BCUT2D eigenvalue weighted by Crippen LogP contribution is -2.51. The van der Waals surface area contributed by atoms with Crippen molar-refractivity contribution in [2.45, 2.75) is 45.1 Å². The average Bonchev–Trinajstić information content (AvgIpc) is 2.49. The van der Waals surface area contributed by atoms with Gasteiger partial charge < -0.3 is 10.0 Å². The fourth-order valence-corrected chi connectivity index (χ4v) is 4.71. The Morgan fingerprint density at radius 3 is 2.24 bits per heavy atom. The van der Waals surface area contributed by atoms with E-state index in [1.807, 2.05) is 0 Å². The van der Waals surface area contributed by atoms with Crippen molar-refractivity contribution in [3.8, 4) is 0 Å². The molecule has 7 heteroatoms. The maximum absolute atomic E-state index is 12.4. The molecule has 0 atom stereocenters. The second kappa shape index (κ2) is 7.87. The highest BCUT2D eigenvalue weighted by Crippen LogP contribution is 2.19. The van der Waals surface area contributed by atoms with Crippen LogP contribution in [-0.4, -0.2) is 68.1 Å². The fourth-order valence-electron chi connectivity index (χ4n) is 3.21. The van der Waals surface area contributed by atoms with Crippen molar-refractivity contribution in [3.63, 3.8) is 0 Å². The highest BCUT2D eigenvalue weighted by molar-refractivity contribution is 7.87. The number of nitrogens with zero attached hydrogens (tertiary/aromatic N) is 2. The molecule has 0 aliphatic carbocycles. The SMILES string of the molecule is CCCN1CCC(NS(=O)(=O)N2CCC(CO)CC2)CC1. The van der Waals surface area contributed by atoms with Crippen molar-refractivity contribution in [3.05, 3.63) is 0 Å². The van der Waals surface area contributed by atoms with Crippen LogP contribution in [0.4, 0.5) is 0 Å². The fraction of sp³-hybridized carbons (Fsp3) is 1.00. The molecule has 6 nitrogen and oxygen atoms in total. The molecular formula is C14H29N3O3S. The third-order valence-corrected chi connectivity index (χ3v) is 6.29. The molecule has 2 aliphatic rings. The molecule has 21 heavy (non-hydrogen) atoms. The van der Waals surface area contributed by atoms with Crippen LogP contribution in [-0.2, 0) is 10.2 Å². The van der Waals surface area contributed by atoms with Gasteiger partial charge in [-0.15, -0.1) is 0 Å². The Labute approximate surface area is 128 Å². The van der Waals surface area contributed by atoms with Crippen molar-refractivity contribution in [1.29, 1.82) is 0 Å². The number of piperidine rings is 2. The molecule has 2 rings (SSSR count). The first kappa shape index (κ1) is 17.1. The second-order valence-electron chi connectivity index (χ2n) is 6.26. The number of hydrogen-bond acceptors (Lipinski definition) is 4. The zero-order chi connectivity index (χ0) is 15.3. The zero-order valence-electron chi connectivity index (χ0n) is 13.0. The highest BCUT2D eigenvalue weighted by Gasteiger charge is 2.30. The normalized spacial score (nSPS) is 24.5. The minimum Gasteiger partial charge on any atom is -0.396 e. The standard InChI is InChI=1S/C14H29N3O3S/c1-2-7-16-8-5-14(6-9-16)15-21(19,20)17-10-3-13(12-18)4-11-17/h13-15,18H,2-12H2,1H3. The molecule has 2 fully saturated rings. The summed E-state index contributed by atoms with van der Waals surface area (Å²) in [5.41, 5.74) is 0. The summed E-state index contributed by atoms with van der Waals surface area (Å²) in [4.78, 5) is 2.40. The molecule has 0 saturated carbocycles. The van der Waals surface area contributed by atoms with Crippen LogP contribution in [0.15, 0.2) is 0 Å². The monoisotopic (exact) mass is 319 g/mol. The molecule has 0 aromatic heterocycles. The van der Waals surface area contributed by atoms with E-state index in [9.17, 15) is 8.42 Å². The van der Waals surface area contributed by atoms with Gasteiger partial charge in [-0.1, -0.05) is 6.92 Å². The van der Waals surface area contributed by atoms with Gasteiger partial charge >= 0.3 is 0 Å². The summed E-state index contributed by atoms with van der Waals surface area (Å²) < 4.78 is 29.2. The van der Waals surface area contributed by atoms with Crippen molar-refractivity contribution in [2.75, 3.05) is 39.3 Å². The van der Waals surface area contributed by atoms with E-state index in [1.54, 1.807) is 0 Å². The van der Waals surface area contributed by atoms with Crippen molar-refractivity contribution in [1.82, 2.24) is 13.9 Å². The summed E-state index contributed by atoms with van der Waals surface area (Å²) in [7, 11) is -3.36. The molecule has 124 valence electrons. The van der Waals surface area contributed by atoms with Gasteiger partial charge in [0, 0.05) is 25.7 Å². The summed E-state index contributed by atoms with van der Waals surface area (Å²) in [6, 6.07) is 0.0682. The Kier molecular flexibility index (Phi) is 6.43. The molecule has 0 aromatic carbocycles. The molecule has 2 N–H and O–H groups in total. The highest BCUT2D eigenvalue weighted by atomic mass is 32.2. The van der Waals surface area contributed by atoms with E-state index in [0.717, 1.165) is 51.7 Å². The Morgan fingerprint density at radius 2 is 1.71 bits per heavy atom. The summed E-state index contributed by atoms with van der Waals surface area (Å²) >= 11 is 0. The van der Waals surface area contributed by atoms with Crippen LogP contribution in [0.25, 0.3) is 0 Å². The first-order valence-corrected chi connectivity index (χ1v) is 9.59. The second-order valence-corrected chi connectivity index (χ2v) is 7.97. The lowest BCUT2D eigenvalue weighted by Gasteiger charge is -2.35. The van der Waals surface area contributed by atoms with Gasteiger partial charge in [-0.2, -0.15) is 17.4 Å². The Bertz CT molecular complexity index is 400. The van der Waals surface area contributed by atoms with Crippen LogP contribution in [0.5, 0.6) is 0 Å². The molecule has 0 radical (unpaired) electrons. The Balaban J connectivity index is 1.79. The minimum absolute atomic E-state index is 0.0682. The van der Waals surface area contributed by atoms with Gasteiger partial charge in [-0.3, -0.25) is 0 Å². The zero-order valence-corrected chi connectivity index (χ0v) is 13.8. The predicted octanol–water partition coefficient (Wildman–Crippen LogP) is 0.400.